The first-order valence-corrected chi connectivity index (χ1v) is 7.87. The minimum absolute atomic E-state index is 0.176. The second kappa shape index (κ2) is 8.97. The van der Waals surface area contributed by atoms with Crippen molar-refractivity contribution < 1.29 is 9.53 Å². The molecule has 0 saturated carbocycles. The molecule has 0 fully saturated rings. The molecule has 1 aromatic rings. The fourth-order valence-corrected chi connectivity index (χ4v) is 2.58. The van der Waals surface area contributed by atoms with Gasteiger partial charge in [0.1, 0.15) is 0 Å². The molecule has 1 N–H and O–H groups in total. The Morgan fingerprint density at radius 2 is 2.25 bits per heavy atom. The van der Waals surface area contributed by atoms with E-state index in [9.17, 15) is 4.79 Å². The van der Waals surface area contributed by atoms with Crippen LogP contribution in [0.2, 0.25) is 0 Å². The van der Waals surface area contributed by atoms with Crippen molar-refractivity contribution in [1.82, 2.24) is 10.3 Å². The Labute approximate surface area is 125 Å². The van der Waals surface area contributed by atoms with Gasteiger partial charge in [0.15, 0.2) is 0 Å². The van der Waals surface area contributed by atoms with Gasteiger partial charge >= 0.3 is 5.97 Å². The molecule has 0 bridgehead atoms. The van der Waals surface area contributed by atoms with Crippen LogP contribution in [0, 0.1) is 12.8 Å². The smallest absolute Gasteiger partial charge is 0.306 e. The highest BCUT2D eigenvalue weighted by Gasteiger charge is 2.05. The molecular formula is C15H24N2O2S. The van der Waals surface area contributed by atoms with Crippen molar-refractivity contribution in [2.45, 2.75) is 38.8 Å². The van der Waals surface area contributed by atoms with E-state index in [1.54, 1.807) is 11.8 Å². The number of esters is 1. The zero-order chi connectivity index (χ0) is 15.0. The van der Waals surface area contributed by atoms with Crippen LogP contribution >= 0.6 is 11.8 Å². The molecule has 0 aromatic carbocycles. The number of pyridine rings is 1. The topological polar surface area (TPSA) is 51.2 Å². The van der Waals surface area contributed by atoms with Gasteiger partial charge in [-0.3, -0.25) is 4.79 Å². The van der Waals surface area contributed by atoms with Crippen LogP contribution in [0.25, 0.3) is 0 Å². The monoisotopic (exact) mass is 296 g/mol. The van der Waals surface area contributed by atoms with Crippen molar-refractivity contribution in [2.75, 3.05) is 19.4 Å². The number of thioether (sulfide) groups is 1. The van der Waals surface area contributed by atoms with Gasteiger partial charge in [-0.15, -0.1) is 11.8 Å². The molecule has 0 atom stereocenters. The number of aryl methyl sites for hydroxylation is 1. The lowest BCUT2D eigenvalue weighted by Gasteiger charge is -2.09. The van der Waals surface area contributed by atoms with Crippen LogP contribution in [0.5, 0.6) is 0 Å². The fourth-order valence-electron chi connectivity index (χ4n) is 1.71. The van der Waals surface area contributed by atoms with Crippen LogP contribution < -0.4 is 5.32 Å². The lowest BCUT2D eigenvalue weighted by molar-refractivity contribution is -0.140. The molecule has 0 aliphatic heterocycles. The zero-order valence-electron chi connectivity index (χ0n) is 12.7. The van der Waals surface area contributed by atoms with Crippen molar-refractivity contribution in [1.29, 1.82) is 0 Å². The fraction of sp³-hybridized carbons (Fsp3) is 0.600. The van der Waals surface area contributed by atoms with Crippen LogP contribution in [-0.2, 0) is 16.1 Å². The Balaban J connectivity index is 2.44. The summed E-state index contributed by atoms with van der Waals surface area (Å²) < 4.78 is 4.62. The summed E-state index contributed by atoms with van der Waals surface area (Å²) in [5.74, 6) is 1.17. The predicted octanol–water partition coefficient (Wildman–Crippen LogP) is 2.79. The molecule has 0 aliphatic rings. The van der Waals surface area contributed by atoms with Crippen molar-refractivity contribution in [3.05, 3.63) is 23.4 Å². The molecule has 4 nitrogen and oxygen atoms in total. The third-order valence-electron chi connectivity index (χ3n) is 2.74. The van der Waals surface area contributed by atoms with Gasteiger partial charge in [-0.2, -0.15) is 0 Å². The molecule has 0 amide bonds. The second-order valence-corrected chi connectivity index (χ2v) is 6.25. The molecule has 1 aromatic heterocycles. The molecule has 0 saturated heterocycles. The number of aromatic nitrogens is 1. The van der Waals surface area contributed by atoms with E-state index in [1.165, 1.54) is 12.7 Å². The van der Waals surface area contributed by atoms with Gasteiger partial charge in [-0.25, -0.2) is 4.98 Å². The van der Waals surface area contributed by atoms with E-state index < -0.39 is 0 Å². The molecule has 20 heavy (non-hydrogen) atoms. The van der Waals surface area contributed by atoms with Gasteiger partial charge < -0.3 is 10.1 Å². The quantitative estimate of drug-likeness (QED) is 0.590. The van der Waals surface area contributed by atoms with Gasteiger partial charge in [0.05, 0.1) is 18.6 Å². The average Bonchev–Trinajstić information content (AvgIpc) is 2.40. The Bertz CT molecular complexity index is 436. The summed E-state index contributed by atoms with van der Waals surface area (Å²) in [5.41, 5.74) is 2.35. The van der Waals surface area contributed by atoms with Gasteiger partial charge in [-0.1, -0.05) is 19.9 Å². The molecule has 112 valence electrons. The number of methoxy groups -OCH3 is 1. The molecule has 0 radical (unpaired) electrons. The Morgan fingerprint density at radius 1 is 1.50 bits per heavy atom. The van der Waals surface area contributed by atoms with E-state index in [-0.39, 0.29) is 5.97 Å². The Kier molecular flexibility index (Phi) is 7.62. The number of carbonyl (C=O) groups is 1. The van der Waals surface area contributed by atoms with Crippen LogP contribution in [0.15, 0.2) is 17.3 Å². The highest BCUT2D eigenvalue weighted by Crippen LogP contribution is 2.21. The van der Waals surface area contributed by atoms with Crippen LogP contribution in [0.3, 0.4) is 0 Å². The largest absolute Gasteiger partial charge is 0.469 e. The number of nitrogens with zero attached hydrogens (tertiary/aromatic N) is 1. The van der Waals surface area contributed by atoms with Crippen LogP contribution in [-0.4, -0.2) is 30.4 Å². The number of hydrogen-bond donors (Lipinski definition) is 1. The van der Waals surface area contributed by atoms with Gasteiger partial charge in [-0.05, 0) is 30.5 Å². The molecule has 1 heterocycles. The number of ether oxygens (including phenoxy) is 1. The first-order valence-electron chi connectivity index (χ1n) is 6.88. The first-order chi connectivity index (χ1) is 9.52. The maximum Gasteiger partial charge on any atom is 0.306 e. The van der Waals surface area contributed by atoms with Gasteiger partial charge in [0.25, 0.3) is 0 Å². The molecular weight excluding hydrogens is 272 g/mol. The molecule has 0 unspecified atom stereocenters. The van der Waals surface area contributed by atoms with Gasteiger partial charge in [0, 0.05) is 18.5 Å². The SMILES string of the molecule is COC(=O)CCSc1ncc(CNCC(C)C)cc1C. The molecule has 0 spiro atoms. The summed E-state index contributed by atoms with van der Waals surface area (Å²) in [6.07, 6.45) is 2.32. The summed E-state index contributed by atoms with van der Waals surface area (Å²) in [4.78, 5) is 15.5. The maximum atomic E-state index is 11.1. The van der Waals surface area contributed by atoms with E-state index >= 15 is 0 Å². The maximum absolute atomic E-state index is 11.1. The molecule has 0 aliphatic carbocycles. The second-order valence-electron chi connectivity index (χ2n) is 5.16. The summed E-state index contributed by atoms with van der Waals surface area (Å²) in [7, 11) is 1.41. The summed E-state index contributed by atoms with van der Waals surface area (Å²) in [5, 5.41) is 4.39. The normalized spacial score (nSPS) is 10.8. The molecule has 5 heteroatoms. The van der Waals surface area contributed by atoms with Crippen LogP contribution in [0.1, 0.15) is 31.4 Å². The van der Waals surface area contributed by atoms with E-state index in [4.69, 9.17) is 0 Å². The van der Waals surface area contributed by atoms with Crippen LogP contribution in [0.4, 0.5) is 0 Å². The standard InChI is InChI=1S/C15H24N2O2S/c1-11(2)8-16-9-13-7-12(3)15(17-10-13)20-6-5-14(18)19-4/h7,10-11,16H,5-6,8-9H2,1-4H3. The zero-order valence-corrected chi connectivity index (χ0v) is 13.5. The highest BCUT2D eigenvalue weighted by molar-refractivity contribution is 7.99. The Morgan fingerprint density at radius 3 is 2.85 bits per heavy atom. The number of rotatable bonds is 8. The van der Waals surface area contributed by atoms with Gasteiger partial charge in [0.2, 0.25) is 0 Å². The minimum Gasteiger partial charge on any atom is -0.469 e. The number of hydrogen-bond acceptors (Lipinski definition) is 5. The van der Waals surface area contributed by atoms with Crippen molar-refractivity contribution in [2.24, 2.45) is 5.92 Å². The summed E-state index contributed by atoms with van der Waals surface area (Å²) in [6.45, 7) is 8.29. The average molecular weight is 296 g/mol. The lowest BCUT2D eigenvalue weighted by Crippen LogP contribution is -2.19. The van der Waals surface area contributed by atoms with E-state index in [1.807, 2.05) is 6.20 Å². The lowest BCUT2D eigenvalue weighted by atomic mass is 10.2. The van der Waals surface area contributed by atoms with Crippen molar-refractivity contribution >= 4 is 17.7 Å². The van der Waals surface area contributed by atoms with E-state index in [0.717, 1.165) is 23.7 Å². The van der Waals surface area contributed by atoms with Crippen molar-refractivity contribution in [3.8, 4) is 0 Å². The third-order valence-corrected chi connectivity index (χ3v) is 3.85. The summed E-state index contributed by atoms with van der Waals surface area (Å²) in [6, 6.07) is 2.15. The first kappa shape index (κ1) is 17.0. The number of carbonyl (C=O) groups excluding carboxylic acids is 1. The van der Waals surface area contributed by atoms with Crippen molar-refractivity contribution in [3.63, 3.8) is 0 Å². The molecule has 1 rings (SSSR count). The third kappa shape index (κ3) is 6.39. The Hall–Kier alpha value is -1.07. The number of nitrogens with one attached hydrogen (secondary N) is 1. The highest BCUT2D eigenvalue weighted by atomic mass is 32.2. The minimum atomic E-state index is -0.176. The predicted molar refractivity (Wildman–Crippen MR) is 82.9 cm³/mol. The summed E-state index contributed by atoms with van der Waals surface area (Å²) >= 11 is 1.60. The van der Waals surface area contributed by atoms with E-state index in [0.29, 0.717) is 18.1 Å². The van der Waals surface area contributed by atoms with E-state index in [2.05, 4.69) is 41.9 Å².